The van der Waals surface area contributed by atoms with E-state index in [1.807, 2.05) is 24.4 Å². The van der Waals surface area contributed by atoms with Crippen molar-refractivity contribution in [2.24, 2.45) is 0 Å². The first-order chi connectivity index (χ1) is 17.5. The summed E-state index contributed by atoms with van der Waals surface area (Å²) in [5.41, 5.74) is 1.97. The van der Waals surface area contributed by atoms with Gasteiger partial charge in [0.15, 0.2) is 11.2 Å². The third kappa shape index (κ3) is 4.92. The molecular weight excluding hydrogens is 496 g/mol. The second kappa shape index (κ2) is 9.61. The lowest BCUT2D eigenvalue weighted by Gasteiger charge is -2.17. The zero-order valence-corrected chi connectivity index (χ0v) is 22.0. The van der Waals surface area contributed by atoms with Crippen LogP contribution >= 0.6 is 22.9 Å². The quantitative estimate of drug-likeness (QED) is 0.346. The molecule has 1 atom stereocenters. The summed E-state index contributed by atoms with van der Waals surface area (Å²) in [5, 5.41) is 4.98. The molecule has 36 heavy (non-hydrogen) atoms. The molecule has 4 heterocycles. The van der Waals surface area contributed by atoms with Crippen LogP contribution in [-0.2, 0) is 6.54 Å². The number of aromatic nitrogens is 5. The standard InChI is InChI=1S/C26H29ClN6O2S/c1-16-13-29-21(36-16)14-33-23(32-22-24(33)30-15-31-25(22)35-26(2)8-9-26)19-6-5-18(12-20(19)27)34-17-4-3-10-28-11-7-17/h5-6,12-13,15,17,28H,3-4,7-11,14H2,1-2H3. The van der Waals surface area contributed by atoms with Crippen LogP contribution in [0.5, 0.6) is 11.6 Å². The highest BCUT2D eigenvalue weighted by Gasteiger charge is 2.41. The van der Waals surface area contributed by atoms with E-state index < -0.39 is 0 Å². The molecule has 1 unspecified atom stereocenters. The second-order valence-electron chi connectivity index (χ2n) is 9.85. The zero-order chi connectivity index (χ0) is 24.7. The molecule has 1 saturated carbocycles. The summed E-state index contributed by atoms with van der Waals surface area (Å²) in [7, 11) is 0. The Morgan fingerprint density at radius 2 is 2.08 bits per heavy atom. The summed E-state index contributed by atoms with van der Waals surface area (Å²) < 4.78 is 14.6. The highest BCUT2D eigenvalue weighted by atomic mass is 35.5. The number of fused-ring (bicyclic) bond motifs is 1. The fraction of sp³-hybridized carbons (Fsp3) is 0.462. The lowest BCUT2D eigenvalue weighted by Crippen LogP contribution is -2.19. The van der Waals surface area contributed by atoms with Crippen molar-refractivity contribution in [3.63, 3.8) is 0 Å². The number of thiazole rings is 1. The van der Waals surface area contributed by atoms with E-state index in [9.17, 15) is 0 Å². The van der Waals surface area contributed by atoms with Gasteiger partial charge in [-0.05, 0) is 77.2 Å². The van der Waals surface area contributed by atoms with E-state index in [0.29, 0.717) is 34.4 Å². The van der Waals surface area contributed by atoms with Gasteiger partial charge in [0.2, 0.25) is 5.88 Å². The first kappa shape index (κ1) is 23.6. The van der Waals surface area contributed by atoms with Crippen molar-refractivity contribution < 1.29 is 9.47 Å². The molecule has 4 aromatic rings. The Morgan fingerprint density at radius 1 is 1.19 bits per heavy atom. The van der Waals surface area contributed by atoms with Crippen LogP contribution in [0.2, 0.25) is 5.02 Å². The van der Waals surface area contributed by atoms with E-state index >= 15 is 0 Å². The van der Waals surface area contributed by atoms with Gasteiger partial charge in [-0.3, -0.25) is 0 Å². The summed E-state index contributed by atoms with van der Waals surface area (Å²) in [6, 6.07) is 5.85. The predicted molar refractivity (Wildman–Crippen MR) is 141 cm³/mol. The molecule has 8 nitrogen and oxygen atoms in total. The average molecular weight is 525 g/mol. The van der Waals surface area contributed by atoms with Gasteiger partial charge in [-0.2, -0.15) is 4.98 Å². The van der Waals surface area contributed by atoms with Crippen LogP contribution in [0.25, 0.3) is 22.6 Å². The molecule has 6 rings (SSSR count). The molecule has 1 saturated heterocycles. The molecule has 188 valence electrons. The molecule has 1 aromatic carbocycles. The van der Waals surface area contributed by atoms with Gasteiger partial charge in [0.1, 0.15) is 28.5 Å². The van der Waals surface area contributed by atoms with Crippen LogP contribution in [0, 0.1) is 6.92 Å². The second-order valence-corrected chi connectivity index (χ2v) is 11.6. The van der Waals surface area contributed by atoms with Crippen LogP contribution in [-0.4, -0.2) is 49.3 Å². The smallest absolute Gasteiger partial charge is 0.245 e. The van der Waals surface area contributed by atoms with Gasteiger partial charge in [-0.25, -0.2) is 15.0 Å². The molecule has 1 N–H and O–H groups in total. The van der Waals surface area contributed by atoms with Gasteiger partial charge in [0.25, 0.3) is 0 Å². The normalized spacial score (nSPS) is 19.2. The number of benzene rings is 1. The molecular formula is C26H29ClN6O2S. The van der Waals surface area contributed by atoms with E-state index in [2.05, 4.69) is 38.7 Å². The SMILES string of the molecule is Cc1cnc(Cn2c(-c3ccc(OC4CCCNCC4)cc3Cl)nc3c(OC4(C)CC4)ncnc32)s1. The number of rotatable bonds is 7. The first-order valence-corrected chi connectivity index (χ1v) is 13.7. The molecule has 1 aliphatic heterocycles. The lowest BCUT2D eigenvalue weighted by molar-refractivity contribution is 0.187. The fourth-order valence-electron chi connectivity index (χ4n) is 4.52. The summed E-state index contributed by atoms with van der Waals surface area (Å²) in [6.45, 7) is 6.70. The third-order valence-corrected chi connectivity index (χ3v) is 7.98. The topological polar surface area (TPSA) is 87.0 Å². The van der Waals surface area contributed by atoms with E-state index in [1.165, 1.54) is 0 Å². The van der Waals surface area contributed by atoms with E-state index in [1.54, 1.807) is 17.7 Å². The predicted octanol–water partition coefficient (Wildman–Crippen LogP) is 5.41. The minimum atomic E-state index is -0.179. The van der Waals surface area contributed by atoms with Gasteiger partial charge >= 0.3 is 0 Å². The van der Waals surface area contributed by atoms with Crippen molar-refractivity contribution in [3.8, 4) is 23.0 Å². The Morgan fingerprint density at radius 3 is 2.86 bits per heavy atom. The number of nitrogens with one attached hydrogen (secondary N) is 1. The highest BCUT2D eigenvalue weighted by Crippen LogP contribution is 2.41. The minimum absolute atomic E-state index is 0.179. The first-order valence-electron chi connectivity index (χ1n) is 12.5. The fourth-order valence-corrected chi connectivity index (χ4v) is 5.55. The number of nitrogens with zero attached hydrogens (tertiary/aromatic N) is 5. The van der Waals surface area contributed by atoms with Crippen LogP contribution < -0.4 is 14.8 Å². The molecule has 0 spiro atoms. The number of aryl methyl sites for hydroxylation is 1. The van der Waals surface area contributed by atoms with Crippen LogP contribution in [0.3, 0.4) is 0 Å². The van der Waals surface area contributed by atoms with Crippen molar-refractivity contribution in [2.45, 2.75) is 64.2 Å². The molecule has 0 radical (unpaired) electrons. The van der Waals surface area contributed by atoms with Gasteiger partial charge in [0, 0.05) is 16.6 Å². The van der Waals surface area contributed by atoms with Crippen molar-refractivity contribution in [2.75, 3.05) is 13.1 Å². The highest BCUT2D eigenvalue weighted by molar-refractivity contribution is 7.11. The Kier molecular flexibility index (Phi) is 6.31. The Balaban J connectivity index is 1.39. The van der Waals surface area contributed by atoms with E-state index in [0.717, 1.165) is 66.4 Å². The largest absolute Gasteiger partial charge is 0.490 e. The Labute approximate surface area is 219 Å². The number of halogens is 1. The summed E-state index contributed by atoms with van der Waals surface area (Å²) >= 11 is 8.51. The van der Waals surface area contributed by atoms with Crippen molar-refractivity contribution in [3.05, 3.63) is 45.6 Å². The van der Waals surface area contributed by atoms with Gasteiger partial charge in [0.05, 0.1) is 17.7 Å². The van der Waals surface area contributed by atoms with Gasteiger partial charge in [-0.1, -0.05) is 11.6 Å². The van der Waals surface area contributed by atoms with Crippen LogP contribution in [0.4, 0.5) is 0 Å². The maximum atomic E-state index is 6.85. The Bertz CT molecular complexity index is 1390. The van der Waals surface area contributed by atoms with Crippen LogP contribution in [0.1, 0.15) is 48.9 Å². The van der Waals surface area contributed by atoms with Crippen molar-refractivity contribution in [1.82, 2.24) is 29.8 Å². The maximum Gasteiger partial charge on any atom is 0.245 e. The van der Waals surface area contributed by atoms with Gasteiger partial charge in [-0.15, -0.1) is 11.3 Å². The summed E-state index contributed by atoms with van der Waals surface area (Å²) in [4.78, 5) is 19.7. The minimum Gasteiger partial charge on any atom is -0.490 e. The molecule has 2 aliphatic rings. The molecule has 0 bridgehead atoms. The third-order valence-electron chi connectivity index (χ3n) is 6.77. The van der Waals surface area contributed by atoms with Crippen molar-refractivity contribution >= 4 is 34.1 Å². The molecule has 0 amide bonds. The number of hydrogen-bond donors (Lipinski definition) is 1. The number of imidazole rings is 1. The molecule has 3 aromatic heterocycles. The monoisotopic (exact) mass is 524 g/mol. The Hall–Kier alpha value is -2.75. The maximum absolute atomic E-state index is 6.85. The molecule has 1 aliphatic carbocycles. The van der Waals surface area contributed by atoms with E-state index in [4.69, 9.17) is 26.1 Å². The number of ether oxygens (including phenoxy) is 2. The molecule has 2 fully saturated rings. The van der Waals surface area contributed by atoms with Crippen LogP contribution in [0.15, 0.2) is 30.7 Å². The summed E-state index contributed by atoms with van der Waals surface area (Å²) in [6.07, 6.45) is 8.78. The van der Waals surface area contributed by atoms with E-state index in [-0.39, 0.29) is 11.7 Å². The summed E-state index contributed by atoms with van der Waals surface area (Å²) in [5.74, 6) is 1.99. The lowest BCUT2D eigenvalue weighted by atomic mass is 10.1. The van der Waals surface area contributed by atoms with Gasteiger partial charge < -0.3 is 19.4 Å². The average Bonchev–Trinajstić information content (AvgIpc) is 3.39. The number of hydrogen-bond acceptors (Lipinski definition) is 8. The van der Waals surface area contributed by atoms with Crippen molar-refractivity contribution in [1.29, 1.82) is 0 Å². The molecule has 10 heteroatoms. The zero-order valence-electron chi connectivity index (χ0n) is 20.5.